The van der Waals surface area contributed by atoms with Gasteiger partial charge in [0.1, 0.15) is 6.04 Å². The van der Waals surface area contributed by atoms with Gasteiger partial charge in [-0.25, -0.2) is 0 Å². The first-order valence-corrected chi connectivity index (χ1v) is 13.4. The van der Waals surface area contributed by atoms with Crippen LogP contribution in [0.2, 0.25) is 0 Å². The number of carbonyl (C=O) groups excluding carboxylic acids is 2. The maximum Gasteiger partial charge on any atom is 0.323 e. The number of nitrogens with zero attached hydrogens (tertiary/aromatic N) is 1. The summed E-state index contributed by atoms with van der Waals surface area (Å²) < 4.78 is 5.36. The molecule has 196 valence electrons. The van der Waals surface area contributed by atoms with Crippen molar-refractivity contribution >= 4 is 22.8 Å². The van der Waals surface area contributed by atoms with Gasteiger partial charge in [-0.15, -0.1) is 0 Å². The van der Waals surface area contributed by atoms with E-state index in [0.29, 0.717) is 25.4 Å². The van der Waals surface area contributed by atoms with E-state index in [1.165, 1.54) is 34.9 Å². The third-order valence-electron chi connectivity index (χ3n) is 8.07. The Morgan fingerprint density at radius 3 is 2.49 bits per heavy atom. The zero-order valence-electron chi connectivity index (χ0n) is 22.2. The van der Waals surface area contributed by atoms with Crippen LogP contribution in [0, 0.1) is 0 Å². The Balaban J connectivity index is 1.55. The summed E-state index contributed by atoms with van der Waals surface area (Å²) >= 11 is 0. The molecule has 3 aromatic rings. The molecule has 4 atom stereocenters. The van der Waals surface area contributed by atoms with Crippen LogP contribution in [0.15, 0.2) is 48.5 Å². The molecule has 0 radical (unpaired) electrons. The number of hydrogen-bond acceptors (Lipinski definition) is 5. The Bertz CT molecular complexity index is 1270. The summed E-state index contributed by atoms with van der Waals surface area (Å²) in [4.78, 5) is 30.7. The minimum absolute atomic E-state index is 0.0179. The van der Waals surface area contributed by atoms with Crippen molar-refractivity contribution in [3.05, 3.63) is 70.9 Å². The predicted octanol–water partition coefficient (Wildman–Crippen LogP) is 4.36. The number of carbonyl (C=O) groups is 2. The Labute approximate surface area is 219 Å². The van der Waals surface area contributed by atoms with Gasteiger partial charge >= 0.3 is 5.97 Å². The van der Waals surface area contributed by atoms with E-state index in [4.69, 9.17) is 4.74 Å². The number of benzene rings is 2. The topological polar surface area (TPSA) is 86.5 Å². The van der Waals surface area contributed by atoms with Gasteiger partial charge in [0.15, 0.2) is 0 Å². The lowest BCUT2D eigenvalue weighted by atomic mass is 9.79. The first-order chi connectivity index (χ1) is 17.9. The Hall–Kier alpha value is -3.16. The van der Waals surface area contributed by atoms with Crippen LogP contribution in [-0.2, 0) is 20.7 Å². The van der Waals surface area contributed by atoms with Crippen LogP contribution in [-0.4, -0.2) is 54.0 Å². The average Bonchev–Trinajstić information content (AvgIpc) is 3.28. The summed E-state index contributed by atoms with van der Waals surface area (Å²) in [6.45, 7) is 7.25. The van der Waals surface area contributed by atoms with Crippen LogP contribution >= 0.6 is 0 Å². The number of esters is 1. The highest BCUT2D eigenvalue weighted by Gasteiger charge is 2.48. The first kappa shape index (κ1) is 25.5. The van der Waals surface area contributed by atoms with Gasteiger partial charge in [-0.3, -0.25) is 14.5 Å². The third kappa shape index (κ3) is 5.03. The molecule has 3 heterocycles. The van der Waals surface area contributed by atoms with Gasteiger partial charge < -0.3 is 20.4 Å². The molecular formula is C30H38N4O3. The number of ether oxygens (including phenoxy) is 1. The highest BCUT2D eigenvalue weighted by molar-refractivity contribution is 5.87. The van der Waals surface area contributed by atoms with Crippen molar-refractivity contribution < 1.29 is 14.3 Å². The number of piperidine rings is 1. The number of aromatic nitrogens is 1. The molecule has 7 nitrogen and oxygen atoms in total. The summed E-state index contributed by atoms with van der Waals surface area (Å²) in [5.74, 6) is 0.264. The maximum absolute atomic E-state index is 13.2. The van der Waals surface area contributed by atoms with E-state index in [9.17, 15) is 9.59 Å². The number of rotatable bonds is 7. The molecule has 0 saturated carbocycles. The van der Waals surface area contributed by atoms with Crippen molar-refractivity contribution in [2.24, 2.45) is 0 Å². The second-order valence-corrected chi connectivity index (χ2v) is 10.7. The lowest BCUT2D eigenvalue weighted by molar-refractivity contribution is -0.152. The molecule has 4 unspecified atom stereocenters. The Kier molecular flexibility index (Phi) is 7.36. The van der Waals surface area contributed by atoms with Crippen LogP contribution < -0.4 is 10.6 Å². The highest BCUT2D eigenvalue weighted by Crippen LogP contribution is 2.48. The normalized spacial score (nSPS) is 23.5. The number of methoxy groups -OCH3 is 1. The number of fused-ring (bicyclic) bond motifs is 5. The van der Waals surface area contributed by atoms with E-state index in [-0.39, 0.29) is 36.0 Å². The molecule has 0 spiro atoms. The van der Waals surface area contributed by atoms with Crippen molar-refractivity contribution in [2.45, 2.75) is 70.1 Å². The standard InChI is InChI=1S/C30H38N4O3/c1-18(2)20-9-11-21(12-10-20)26-15-22(32-14-13-31-19(3)35)16-27-29-24(17-28(34(26)27)30(36)37-4)23-7-5-6-8-25(23)33-29/h5-12,18,22,26-28,32-33H,13-17H2,1-4H3,(H,31,35). The average molecular weight is 503 g/mol. The Morgan fingerprint density at radius 1 is 1.05 bits per heavy atom. The van der Waals surface area contributed by atoms with E-state index in [0.717, 1.165) is 18.4 Å². The number of para-hydroxylation sites is 1. The quantitative estimate of drug-likeness (QED) is 0.330. The fraction of sp³-hybridized carbons (Fsp3) is 0.467. The number of H-pyrrole nitrogens is 1. The first-order valence-electron chi connectivity index (χ1n) is 13.4. The minimum Gasteiger partial charge on any atom is -0.468 e. The number of amides is 1. The van der Waals surface area contributed by atoms with Crippen molar-refractivity contribution in [3.8, 4) is 0 Å². The number of aromatic amines is 1. The molecule has 3 N–H and O–H groups in total. The van der Waals surface area contributed by atoms with Gasteiger partial charge in [-0.1, -0.05) is 56.3 Å². The van der Waals surface area contributed by atoms with E-state index in [2.05, 4.69) is 76.8 Å². The molecule has 1 aromatic heterocycles. The van der Waals surface area contributed by atoms with Crippen molar-refractivity contribution in [1.29, 1.82) is 0 Å². The van der Waals surface area contributed by atoms with Crippen LogP contribution in [0.4, 0.5) is 0 Å². The van der Waals surface area contributed by atoms with Gasteiger partial charge in [0.05, 0.1) is 13.2 Å². The van der Waals surface area contributed by atoms with Crippen LogP contribution in [0.3, 0.4) is 0 Å². The van der Waals surface area contributed by atoms with Crippen LogP contribution in [0.1, 0.15) is 74.0 Å². The molecule has 2 aliphatic rings. The second-order valence-electron chi connectivity index (χ2n) is 10.7. The summed E-state index contributed by atoms with van der Waals surface area (Å²) in [7, 11) is 1.49. The van der Waals surface area contributed by atoms with Gasteiger partial charge in [0.25, 0.3) is 0 Å². The fourth-order valence-electron chi connectivity index (χ4n) is 6.26. The van der Waals surface area contributed by atoms with Gasteiger partial charge in [-0.2, -0.15) is 0 Å². The lowest BCUT2D eigenvalue weighted by Gasteiger charge is -2.50. The van der Waals surface area contributed by atoms with E-state index >= 15 is 0 Å². The maximum atomic E-state index is 13.2. The monoisotopic (exact) mass is 502 g/mol. The highest BCUT2D eigenvalue weighted by atomic mass is 16.5. The zero-order chi connectivity index (χ0) is 26.1. The van der Waals surface area contributed by atoms with Gasteiger partial charge in [0, 0.05) is 55.1 Å². The smallest absolute Gasteiger partial charge is 0.323 e. The largest absolute Gasteiger partial charge is 0.468 e. The minimum atomic E-state index is -0.350. The fourth-order valence-corrected chi connectivity index (χ4v) is 6.26. The Morgan fingerprint density at radius 2 is 1.78 bits per heavy atom. The van der Waals surface area contributed by atoms with E-state index in [1.54, 1.807) is 6.92 Å². The van der Waals surface area contributed by atoms with Crippen LogP contribution in [0.25, 0.3) is 10.9 Å². The molecule has 0 aliphatic carbocycles. The summed E-state index contributed by atoms with van der Waals surface area (Å²) in [6.07, 6.45) is 2.37. The molecular weight excluding hydrogens is 464 g/mol. The molecule has 37 heavy (non-hydrogen) atoms. The molecule has 2 aromatic carbocycles. The number of hydrogen-bond donors (Lipinski definition) is 3. The molecule has 1 amide bonds. The van der Waals surface area contributed by atoms with E-state index in [1.807, 2.05) is 6.07 Å². The second kappa shape index (κ2) is 10.7. The molecule has 7 heteroatoms. The summed E-state index contributed by atoms with van der Waals surface area (Å²) in [6, 6.07) is 17.2. The van der Waals surface area contributed by atoms with Crippen molar-refractivity contribution in [3.63, 3.8) is 0 Å². The molecule has 0 bridgehead atoms. The molecule has 1 saturated heterocycles. The molecule has 5 rings (SSSR count). The summed E-state index contributed by atoms with van der Waals surface area (Å²) in [5, 5.41) is 7.76. The SMILES string of the molecule is COC(=O)C1Cc2c([nH]c3ccccc23)C2CC(NCCNC(C)=O)CC(c3ccc(C(C)C)cc3)N12. The lowest BCUT2D eigenvalue weighted by Crippen LogP contribution is -2.56. The molecule has 1 fully saturated rings. The van der Waals surface area contributed by atoms with Crippen LogP contribution in [0.5, 0.6) is 0 Å². The van der Waals surface area contributed by atoms with Gasteiger partial charge in [-0.05, 0) is 41.5 Å². The predicted molar refractivity (Wildman–Crippen MR) is 145 cm³/mol. The number of nitrogens with one attached hydrogen (secondary N) is 3. The van der Waals surface area contributed by atoms with Crippen molar-refractivity contribution in [1.82, 2.24) is 20.5 Å². The zero-order valence-corrected chi connectivity index (χ0v) is 22.2. The molecule has 2 aliphatic heterocycles. The van der Waals surface area contributed by atoms with Gasteiger partial charge in [0.2, 0.25) is 5.91 Å². The third-order valence-corrected chi connectivity index (χ3v) is 8.07. The summed E-state index contributed by atoms with van der Waals surface area (Å²) in [5.41, 5.74) is 6.06. The van der Waals surface area contributed by atoms with E-state index < -0.39 is 0 Å². The van der Waals surface area contributed by atoms with Crippen molar-refractivity contribution in [2.75, 3.05) is 20.2 Å².